The van der Waals surface area contributed by atoms with E-state index in [0.717, 1.165) is 26.2 Å². The van der Waals surface area contributed by atoms with Crippen LogP contribution >= 0.6 is 15.9 Å². The number of amides is 1. The highest BCUT2D eigenvalue weighted by Gasteiger charge is 2.19. The summed E-state index contributed by atoms with van der Waals surface area (Å²) in [6.07, 6.45) is 1.64. The largest absolute Gasteiger partial charge is 0.339 e. The summed E-state index contributed by atoms with van der Waals surface area (Å²) in [6.45, 7) is 3.36. The van der Waals surface area contributed by atoms with Crippen LogP contribution in [0, 0.1) is 0 Å². The van der Waals surface area contributed by atoms with Gasteiger partial charge in [-0.15, -0.1) is 0 Å². The highest BCUT2D eigenvalue weighted by molar-refractivity contribution is 9.10. The molecule has 0 bridgehead atoms. The second kappa shape index (κ2) is 5.67. The predicted molar refractivity (Wildman–Crippen MR) is 72.5 cm³/mol. The monoisotopic (exact) mass is 313 g/mol. The zero-order valence-electron chi connectivity index (χ0n) is 10.3. The number of carbonyl (C=O) groups is 1. The summed E-state index contributed by atoms with van der Waals surface area (Å²) in [7, 11) is 2.04. The van der Waals surface area contributed by atoms with E-state index < -0.39 is 0 Å². The van der Waals surface area contributed by atoms with Gasteiger partial charge in [0.05, 0.1) is 4.47 Å². The molecule has 0 atom stereocenters. The maximum Gasteiger partial charge on any atom is 0.265 e. The number of halogens is 1. The Hall–Kier alpha value is -1.14. The van der Waals surface area contributed by atoms with E-state index in [1.54, 1.807) is 18.3 Å². The van der Waals surface area contributed by atoms with Crippen LogP contribution < -0.4 is 5.56 Å². The van der Waals surface area contributed by atoms with Crippen LogP contribution in [0.5, 0.6) is 0 Å². The third-order valence-corrected chi connectivity index (χ3v) is 3.74. The van der Waals surface area contributed by atoms with E-state index in [-0.39, 0.29) is 18.0 Å². The first-order chi connectivity index (χ1) is 8.58. The van der Waals surface area contributed by atoms with Gasteiger partial charge in [-0.05, 0) is 35.1 Å². The standard InChI is InChI=1S/C12H16BrN3O2/c1-14-5-7-15(8-6-14)11(17)9-16-4-2-3-10(13)12(16)18/h2-4H,5-9H2,1H3. The van der Waals surface area contributed by atoms with Crippen molar-refractivity contribution < 1.29 is 4.79 Å². The summed E-state index contributed by atoms with van der Waals surface area (Å²) in [5, 5.41) is 0. The van der Waals surface area contributed by atoms with Gasteiger partial charge in [-0.2, -0.15) is 0 Å². The lowest BCUT2D eigenvalue weighted by Gasteiger charge is -2.32. The fourth-order valence-corrected chi connectivity index (χ4v) is 2.31. The van der Waals surface area contributed by atoms with Gasteiger partial charge in [-0.25, -0.2) is 0 Å². The van der Waals surface area contributed by atoms with Gasteiger partial charge >= 0.3 is 0 Å². The van der Waals surface area contributed by atoms with E-state index in [2.05, 4.69) is 20.8 Å². The summed E-state index contributed by atoms with van der Waals surface area (Å²) in [4.78, 5) is 27.8. The highest BCUT2D eigenvalue weighted by Crippen LogP contribution is 2.03. The Bertz CT molecular complexity index is 492. The van der Waals surface area contributed by atoms with Crippen molar-refractivity contribution in [2.24, 2.45) is 0 Å². The van der Waals surface area contributed by atoms with E-state index >= 15 is 0 Å². The smallest absolute Gasteiger partial charge is 0.265 e. The van der Waals surface area contributed by atoms with Crippen molar-refractivity contribution >= 4 is 21.8 Å². The van der Waals surface area contributed by atoms with Crippen LogP contribution in [-0.2, 0) is 11.3 Å². The van der Waals surface area contributed by atoms with Gasteiger partial charge in [0.25, 0.3) is 5.56 Å². The number of aromatic nitrogens is 1. The number of piperazine rings is 1. The minimum atomic E-state index is -0.167. The van der Waals surface area contributed by atoms with Crippen LogP contribution in [0.3, 0.4) is 0 Å². The molecular weight excluding hydrogens is 298 g/mol. The van der Waals surface area contributed by atoms with Crippen molar-refractivity contribution in [2.45, 2.75) is 6.54 Å². The Kier molecular flexibility index (Phi) is 4.19. The van der Waals surface area contributed by atoms with Crippen LogP contribution in [0.15, 0.2) is 27.6 Å². The molecule has 98 valence electrons. The first-order valence-electron chi connectivity index (χ1n) is 5.89. The topological polar surface area (TPSA) is 45.5 Å². The van der Waals surface area contributed by atoms with Crippen molar-refractivity contribution in [3.8, 4) is 0 Å². The molecule has 1 saturated heterocycles. The minimum Gasteiger partial charge on any atom is -0.339 e. The molecule has 2 rings (SSSR count). The van der Waals surface area contributed by atoms with Gasteiger partial charge in [0.1, 0.15) is 6.54 Å². The van der Waals surface area contributed by atoms with Gasteiger partial charge < -0.3 is 14.4 Å². The molecule has 0 spiro atoms. The summed E-state index contributed by atoms with van der Waals surface area (Å²) in [5.41, 5.74) is -0.167. The molecule has 1 aromatic heterocycles. The number of hydrogen-bond donors (Lipinski definition) is 0. The van der Waals surface area contributed by atoms with Crippen LogP contribution in [0.2, 0.25) is 0 Å². The number of pyridine rings is 1. The number of nitrogens with zero attached hydrogens (tertiary/aromatic N) is 3. The third kappa shape index (κ3) is 3.00. The average molecular weight is 314 g/mol. The molecule has 0 aromatic carbocycles. The van der Waals surface area contributed by atoms with Gasteiger partial charge in [-0.3, -0.25) is 9.59 Å². The Balaban J connectivity index is 2.03. The lowest BCUT2D eigenvalue weighted by Crippen LogP contribution is -2.48. The number of carbonyl (C=O) groups excluding carboxylic acids is 1. The lowest BCUT2D eigenvalue weighted by molar-refractivity contribution is -0.133. The summed E-state index contributed by atoms with van der Waals surface area (Å²) < 4.78 is 1.92. The molecule has 1 fully saturated rings. The van der Waals surface area contributed by atoms with Crippen molar-refractivity contribution in [1.29, 1.82) is 0 Å². The Morgan fingerprint density at radius 2 is 2.00 bits per heavy atom. The van der Waals surface area contributed by atoms with E-state index in [1.807, 2.05) is 11.9 Å². The molecule has 18 heavy (non-hydrogen) atoms. The van der Waals surface area contributed by atoms with Gasteiger partial charge in [0.2, 0.25) is 5.91 Å². The van der Waals surface area contributed by atoms with Gasteiger partial charge in [0.15, 0.2) is 0 Å². The van der Waals surface area contributed by atoms with Crippen molar-refractivity contribution in [3.63, 3.8) is 0 Å². The molecule has 1 aliphatic rings. The molecule has 0 unspecified atom stereocenters. The molecule has 5 nitrogen and oxygen atoms in total. The van der Waals surface area contributed by atoms with Crippen LogP contribution in [0.1, 0.15) is 0 Å². The fourth-order valence-electron chi connectivity index (χ4n) is 1.93. The quantitative estimate of drug-likeness (QED) is 0.793. The van der Waals surface area contributed by atoms with Crippen molar-refractivity contribution in [1.82, 2.24) is 14.4 Å². The Morgan fingerprint density at radius 3 is 2.67 bits per heavy atom. The Labute approximate surface area is 114 Å². The summed E-state index contributed by atoms with van der Waals surface area (Å²) in [5.74, 6) is 0.00306. The molecule has 0 saturated carbocycles. The van der Waals surface area contributed by atoms with Crippen molar-refractivity contribution in [2.75, 3.05) is 33.2 Å². The zero-order valence-corrected chi connectivity index (χ0v) is 11.9. The van der Waals surface area contributed by atoms with E-state index in [4.69, 9.17) is 0 Å². The molecule has 1 aliphatic heterocycles. The lowest BCUT2D eigenvalue weighted by atomic mass is 10.3. The maximum absolute atomic E-state index is 12.1. The second-order valence-corrected chi connectivity index (χ2v) is 5.33. The number of hydrogen-bond acceptors (Lipinski definition) is 3. The normalized spacial score (nSPS) is 16.9. The molecule has 2 heterocycles. The van der Waals surface area contributed by atoms with Gasteiger partial charge in [-0.1, -0.05) is 0 Å². The van der Waals surface area contributed by atoms with Crippen molar-refractivity contribution in [3.05, 3.63) is 33.2 Å². The first-order valence-corrected chi connectivity index (χ1v) is 6.68. The molecule has 1 aromatic rings. The van der Waals surface area contributed by atoms with E-state index in [1.165, 1.54) is 4.57 Å². The minimum absolute atomic E-state index is 0.00306. The SMILES string of the molecule is CN1CCN(C(=O)Cn2cccc(Br)c2=O)CC1. The first kappa shape index (κ1) is 13.3. The molecule has 0 aliphatic carbocycles. The fraction of sp³-hybridized carbons (Fsp3) is 0.500. The highest BCUT2D eigenvalue weighted by atomic mass is 79.9. The van der Waals surface area contributed by atoms with E-state index in [0.29, 0.717) is 4.47 Å². The molecule has 6 heteroatoms. The number of rotatable bonds is 2. The molecular formula is C12H16BrN3O2. The Morgan fingerprint density at radius 1 is 1.33 bits per heavy atom. The van der Waals surface area contributed by atoms with Crippen LogP contribution in [0.25, 0.3) is 0 Å². The predicted octanol–water partition coefficient (Wildman–Crippen LogP) is 0.385. The average Bonchev–Trinajstić information content (AvgIpc) is 2.36. The second-order valence-electron chi connectivity index (χ2n) is 4.47. The van der Waals surface area contributed by atoms with Crippen LogP contribution in [-0.4, -0.2) is 53.5 Å². The number of likely N-dealkylation sites (N-methyl/N-ethyl adjacent to an activating group) is 1. The van der Waals surface area contributed by atoms with E-state index in [9.17, 15) is 9.59 Å². The maximum atomic E-state index is 12.1. The molecule has 0 radical (unpaired) electrons. The molecule has 1 amide bonds. The molecule has 0 N–H and O–H groups in total. The zero-order chi connectivity index (χ0) is 13.1. The van der Waals surface area contributed by atoms with Crippen LogP contribution in [0.4, 0.5) is 0 Å². The van der Waals surface area contributed by atoms with Gasteiger partial charge in [0, 0.05) is 32.4 Å². The third-order valence-electron chi connectivity index (χ3n) is 3.14. The summed E-state index contributed by atoms with van der Waals surface area (Å²) in [6, 6.07) is 3.43. The summed E-state index contributed by atoms with van der Waals surface area (Å²) >= 11 is 3.17.